The second-order valence-corrected chi connectivity index (χ2v) is 18.9. The van der Waals surface area contributed by atoms with Crippen LogP contribution in [-0.4, -0.2) is 33.1 Å². The van der Waals surface area contributed by atoms with E-state index in [-0.39, 0.29) is 28.0 Å². The van der Waals surface area contributed by atoms with Crippen molar-refractivity contribution in [3.05, 3.63) is 70.8 Å². The number of rotatable bonds is 19. The minimum atomic E-state index is -1.26. The Morgan fingerprint density at radius 2 is 1.24 bits per heavy atom. The van der Waals surface area contributed by atoms with E-state index in [4.69, 9.17) is 9.98 Å². The van der Waals surface area contributed by atoms with Gasteiger partial charge in [-0.15, -0.1) is 11.5 Å². The predicted octanol–water partition coefficient (Wildman–Crippen LogP) is 11.1. The maximum Gasteiger partial charge on any atom is 2.00 e. The van der Waals surface area contributed by atoms with Gasteiger partial charge in [-0.05, 0) is 88.9 Å². The summed E-state index contributed by atoms with van der Waals surface area (Å²) in [5.41, 5.74) is 9.28. The molecular formula is C42H64N4NiO2Si. The van der Waals surface area contributed by atoms with E-state index in [1.54, 1.807) is 13.0 Å². The summed E-state index contributed by atoms with van der Waals surface area (Å²) < 4.78 is 0. The summed E-state index contributed by atoms with van der Waals surface area (Å²) in [7, 11) is -1.26. The van der Waals surface area contributed by atoms with Crippen LogP contribution in [0.2, 0.25) is 18.1 Å². The summed E-state index contributed by atoms with van der Waals surface area (Å²) in [6.45, 7) is 21.0. The number of hydrogen-bond acceptors (Lipinski definition) is 6. The molecule has 0 radical (unpaired) electrons. The van der Waals surface area contributed by atoms with Crippen molar-refractivity contribution in [2.45, 2.75) is 131 Å². The molecular weight excluding hydrogens is 679 g/mol. The summed E-state index contributed by atoms with van der Waals surface area (Å²) in [6, 6.07) is 21.0. The van der Waals surface area contributed by atoms with Gasteiger partial charge in [0, 0.05) is 19.3 Å². The summed E-state index contributed by atoms with van der Waals surface area (Å²) in [6.07, 6.45) is 10.5. The van der Waals surface area contributed by atoms with Crippen molar-refractivity contribution in [1.82, 2.24) is 0 Å². The SMILES string of the molecule is CCCCCCCCC(C=Nc1ccc(C)cc1NCC)=Nc1ccc(C)cc1NCC.CC[Si](CC)(CC)Cc1cc(C)c([O-])c([O-])c1.[Ni+2]. The number of nitrogens with one attached hydrogen (secondary N) is 2. The van der Waals surface area contributed by atoms with E-state index >= 15 is 0 Å². The number of nitrogens with zero attached hydrogens (tertiary/aromatic N) is 2. The molecule has 0 fully saturated rings. The standard InChI is InChI=1S/C28H42N4.C14H24O2Si.Ni/c1-6-9-10-11-12-13-14-24(32-26-18-16-23(5)20-28(26)30-8-3)21-31-25-17-15-22(4)19-27(25)29-7-2;1-5-17(6-2,7-3)10-12-8-11(4)14(16)13(15)9-12;/h15-21,29-30H,6-14H2,1-5H3;8-9,15-16H,5-7,10H2,1-4H3;/q;;+2/p-2. The monoisotopic (exact) mass is 742 g/mol. The molecule has 3 aromatic carbocycles. The molecule has 0 aromatic heterocycles. The fraction of sp³-hybridized carbons (Fsp3) is 0.524. The van der Waals surface area contributed by atoms with Gasteiger partial charge in [0.05, 0.1) is 36.5 Å². The van der Waals surface area contributed by atoms with E-state index in [0.29, 0.717) is 5.56 Å². The van der Waals surface area contributed by atoms with Gasteiger partial charge in [-0.1, -0.05) is 113 Å². The third-order valence-electron chi connectivity index (χ3n) is 9.57. The van der Waals surface area contributed by atoms with E-state index < -0.39 is 8.07 Å². The third kappa shape index (κ3) is 15.0. The quantitative estimate of drug-likeness (QED) is 0.0726. The molecule has 0 aliphatic carbocycles. The normalized spacial score (nSPS) is 11.6. The molecule has 0 spiro atoms. The molecule has 50 heavy (non-hydrogen) atoms. The Kier molecular flexibility index (Phi) is 21.7. The molecule has 0 saturated carbocycles. The zero-order valence-electron chi connectivity index (χ0n) is 32.4. The Balaban J connectivity index is 0.000000587. The first-order valence-corrected chi connectivity index (χ1v) is 21.7. The number of hydrogen-bond donors (Lipinski definition) is 2. The van der Waals surface area contributed by atoms with Crippen molar-refractivity contribution in [3.63, 3.8) is 0 Å². The van der Waals surface area contributed by atoms with Crippen LogP contribution < -0.4 is 20.8 Å². The van der Waals surface area contributed by atoms with Crippen LogP contribution in [0.5, 0.6) is 11.5 Å². The molecule has 0 aliphatic rings. The number of unbranched alkanes of at least 4 members (excludes halogenated alkanes) is 5. The third-order valence-corrected chi connectivity index (χ3v) is 15.2. The van der Waals surface area contributed by atoms with Gasteiger partial charge in [0.25, 0.3) is 0 Å². The Labute approximate surface area is 315 Å². The van der Waals surface area contributed by atoms with Crippen molar-refractivity contribution in [2.75, 3.05) is 23.7 Å². The Bertz CT molecular complexity index is 1460. The Hall–Kier alpha value is -3.09. The van der Waals surface area contributed by atoms with Gasteiger partial charge in [0.15, 0.2) is 0 Å². The fourth-order valence-corrected chi connectivity index (χ4v) is 9.50. The molecule has 0 atom stereocenters. The topological polar surface area (TPSA) is 94.9 Å². The van der Waals surface area contributed by atoms with Crippen LogP contribution in [0.15, 0.2) is 58.5 Å². The summed E-state index contributed by atoms with van der Waals surface area (Å²) in [5, 5.41) is 29.8. The molecule has 0 heterocycles. The van der Waals surface area contributed by atoms with Gasteiger partial charge in [-0.3, -0.25) is 4.99 Å². The molecule has 0 bridgehead atoms. The van der Waals surface area contributed by atoms with Crippen LogP contribution in [0.4, 0.5) is 22.7 Å². The van der Waals surface area contributed by atoms with Gasteiger partial charge in [0.1, 0.15) is 0 Å². The largest absolute Gasteiger partial charge is 2.00 e. The first kappa shape index (κ1) is 44.9. The zero-order valence-corrected chi connectivity index (χ0v) is 34.4. The first-order valence-electron chi connectivity index (χ1n) is 18.8. The van der Waals surface area contributed by atoms with Crippen molar-refractivity contribution in [2.24, 2.45) is 9.98 Å². The minimum absolute atomic E-state index is 0. The van der Waals surface area contributed by atoms with Gasteiger partial charge in [0.2, 0.25) is 0 Å². The molecule has 0 amide bonds. The number of benzene rings is 3. The number of aliphatic imine (C=N–C) groups is 2. The zero-order chi connectivity index (χ0) is 36.2. The number of aryl methyl sites for hydroxylation is 3. The van der Waals surface area contributed by atoms with E-state index in [2.05, 4.69) is 102 Å². The Morgan fingerprint density at radius 3 is 1.78 bits per heavy atom. The van der Waals surface area contributed by atoms with Gasteiger partial charge in [-0.2, -0.15) is 0 Å². The van der Waals surface area contributed by atoms with Crippen LogP contribution >= 0.6 is 0 Å². The van der Waals surface area contributed by atoms with Gasteiger partial charge < -0.3 is 20.8 Å². The average Bonchev–Trinajstić information content (AvgIpc) is 3.08. The summed E-state index contributed by atoms with van der Waals surface area (Å²) in [4.78, 5) is 9.89. The molecule has 278 valence electrons. The van der Waals surface area contributed by atoms with Crippen molar-refractivity contribution < 1.29 is 26.7 Å². The molecule has 2 N–H and O–H groups in total. The maximum absolute atomic E-state index is 11.5. The molecule has 0 unspecified atom stereocenters. The molecule has 3 rings (SSSR count). The van der Waals surface area contributed by atoms with Crippen molar-refractivity contribution in [3.8, 4) is 11.5 Å². The van der Waals surface area contributed by atoms with E-state index in [9.17, 15) is 10.2 Å². The fourth-order valence-electron chi connectivity index (χ4n) is 6.18. The Morgan fingerprint density at radius 1 is 0.700 bits per heavy atom. The molecule has 8 heteroatoms. The minimum Gasteiger partial charge on any atom is -0.873 e. The molecule has 6 nitrogen and oxygen atoms in total. The van der Waals surface area contributed by atoms with Crippen molar-refractivity contribution >= 4 is 42.7 Å². The molecule has 3 aromatic rings. The van der Waals surface area contributed by atoms with Crippen LogP contribution in [0.3, 0.4) is 0 Å². The molecule has 0 saturated heterocycles. The van der Waals surface area contributed by atoms with E-state index in [1.165, 1.54) is 61.4 Å². The van der Waals surface area contributed by atoms with Crippen LogP contribution in [0, 0.1) is 20.8 Å². The average molecular weight is 744 g/mol. The predicted molar refractivity (Wildman–Crippen MR) is 215 cm³/mol. The van der Waals surface area contributed by atoms with E-state index in [1.807, 2.05) is 12.3 Å². The maximum atomic E-state index is 11.5. The number of anilines is 2. The molecule has 0 aliphatic heterocycles. The van der Waals surface area contributed by atoms with Crippen LogP contribution in [0.1, 0.15) is 109 Å². The van der Waals surface area contributed by atoms with Gasteiger partial charge in [-0.25, -0.2) is 4.99 Å². The second-order valence-electron chi connectivity index (χ2n) is 13.5. The van der Waals surface area contributed by atoms with Crippen molar-refractivity contribution in [1.29, 1.82) is 0 Å². The summed E-state index contributed by atoms with van der Waals surface area (Å²) in [5.74, 6) is -0.684. The van der Waals surface area contributed by atoms with Crippen LogP contribution in [0.25, 0.3) is 0 Å². The van der Waals surface area contributed by atoms with E-state index in [0.717, 1.165) is 66.0 Å². The smallest absolute Gasteiger partial charge is 0.873 e. The van der Waals surface area contributed by atoms with Gasteiger partial charge >= 0.3 is 16.5 Å². The second kappa shape index (κ2) is 24.2. The first-order chi connectivity index (χ1) is 23.5. The summed E-state index contributed by atoms with van der Waals surface area (Å²) >= 11 is 0. The van der Waals surface area contributed by atoms with Crippen LogP contribution in [-0.2, 0) is 22.5 Å².